The third-order valence-electron chi connectivity index (χ3n) is 17.6. The van der Waals surface area contributed by atoms with Crippen LogP contribution in [0.25, 0.3) is 0 Å². The molecule has 7 rings (SSSR count). The molecule has 14 nitrogen and oxygen atoms in total. The van der Waals surface area contributed by atoms with Crippen LogP contribution in [0.4, 0.5) is 0 Å². The minimum Gasteiger partial charge on any atom is -0.469 e. The highest BCUT2D eigenvalue weighted by molar-refractivity contribution is 5.78. The fourth-order valence-corrected chi connectivity index (χ4v) is 13.9. The first kappa shape index (κ1) is 43.8. The van der Waals surface area contributed by atoms with Gasteiger partial charge >= 0.3 is 5.97 Å². The number of aliphatic hydroxyl groups excluding tert-OH is 8. The number of carbonyl (C=O) groups is 1. The molecule has 2 heterocycles. The summed E-state index contributed by atoms with van der Waals surface area (Å²) in [4.78, 5) is 13.6. The molecule has 14 heteroatoms. The molecule has 0 amide bonds. The van der Waals surface area contributed by atoms with Crippen molar-refractivity contribution in [3.05, 3.63) is 11.6 Å². The monoisotopic (exact) mass is 810 g/mol. The van der Waals surface area contributed by atoms with E-state index >= 15 is 0 Å². The molecule has 2 saturated heterocycles. The van der Waals surface area contributed by atoms with E-state index in [-0.39, 0.29) is 46.1 Å². The Hall–Kier alpha value is -1.27. The number of fused-ring (bicyclic) bond motifs is 7. The molecule has 0 unspecified atom stereocenters. The predicted octanol–water partition coefficient (Wildman–Crippen LogP) is 1.94. The van der Waals surface area contributed by atoms with Crippen LogP contribution in [-0.4, -0.2) is 141 Å². The van der Waals surface area contributed by atoms with E-state index in [0.717, 1.165) is 57.8 Å². The normalized spacial score (nSPS) is 53.4. The van der Waals surface area contributed by atoms with Crippen molar-refractivity contribution in [2.45, 2.75) is 173 Å². The Morgan fingerprint density at radius 3 is 2.02 bits per heavy atom. The largest absolute Gasteiger partial charge is 0.469 e. The molecule has 0 aromatic rings. The Morgan fingerprint density at radius 1 is 0.737 bits per heavy atom. The van der Waals surface area contributed by atoms with Gasteiger partial charge in [0.2, 0.25) is 0 Å². The van der Waals surface area contributed by atoms with Crippen molar-refractivity contribution in [2.24, 2.45) is 50.2 Å². The van der Waals surface area contributed by atoms with Crippen LogP contribution in [0, 0.1) is 50.2 Å². The van der Waals surface area contributed by atoms with Gasteiger partial charge in [-0.2, -0.15) is 0 Å². The van der Waals surface area contributed by atoms with E-state index in [1.165, 1.54) is 12.7 Å². The zero-order chi connectivity index (χ0) is 41.7. The van der Waals surface area contributed by atoms with Crippen molar-refractivity contribution < 1.29 is 69.3 Å². The maximum absolute atomic E-state index is 13.6. The standard InChI is InChI=1S/C43H70O14/c1-38(2)14-16-43(37(52)53-7)17-15-41(5)22(23(43)18-38)8-9-27-39(3)12-11-28(40(4,21-46)26(39)10-13-42(27,41)6)56-35-33(51)31(49)34(25(20-45)55-35)57-36-32(50)30(48)29(47)24(19-44)54-36/h8,23-36,44-51H,9-21H2,1-7H3/t23-,24+,25+,26+,27+,28-,29+,30-,31+,32+,33+,34+,35-,36+,39-,40-,41+,42+,43-/m0/s1. The lowest BCUT2D eigenvalue weighted by atomic mass is 9.33. The zero-order valence-corrected chi connectivity index (χ0v) is 34.9. The van der Waals surface area contributed by atoms with Crippen LogP contribution in [0.15, 0.2) is 11.6 Å². The van der Waals surface area contributed by atoms with Crippen molar-refractivity contribution in [3.63, 3.8) is 0 Å². The second-order valence-electron chi connectivity index (χ2n) is 20.7. The first-order valence-corrected chi connectivity index (χ1v) is 21.4. The molecule has 0 radical (unpaired) electrons. The molecule has 0 aromatic heterocycles. The topological polar surface area (TPSA) is 225 Å². The van der Waals surface area contributed by atoms with E-state index in [9.17, 15) is 45.6 Å². The molecule has 4 saturated carbocycles. The van der Waals surface area contributed by atoms with Crippen LogP contribution in [0.3, 0.4) is 0 Å². The van der Waals surface area contributed by atoms with Crippen LogP contribution in [0.2, 0.25) is 0 Å². The van der Waals surface area contributed by atoms with Crippen LogP contribution in [0.5, 0.6) is 0 Å². The number of rotatable bonds is 8. The number of allylic oxidation sites excluding steroid dienone is 2. The summed E-state index contributed by atoms with van der Waals surface area (Å²) in [5.74, 6) is 0.444. The summed E-state index contributed by atoms with van der Waals surface area (Å²) in [6, 6.07) is 0. The zero-order valence-electron chi connectivity index (χ0n) is 34.9. The summed E-state index contributed by atoms with van der Waals surface area (Å²) in [6.45, 7) is 12.5. The lowest BCUT2D eigenvalue weighted by Gasteiger charge is -2.71. The molecule has 57 heavy (non-hydrogen) atoms. The average Bonchev–Trinajstić information content (AvgIpc) is 3.18. The molecule has 0 bridgehead atoms. The third kappa shape index (κ3) is 6.52. The summed E-state index contributed by atoms with van der Waals surface area (Å²) in [5, 5.41) is 84.9. The van der Waals surface area contributed by atoms with Gasteiger partial charge in [0.05, 0.1) is 38.4 Å². The fourth-order valence-electron chi connectivity index (χ4n) is 13.9. The van der Waals surface area contributed by atoms with E-state index < -0.39 is 91.6 Å². The van der Waals surface area contributed by atoms with E-state index in [1.807, 2.05) is 6.92 Å². The molecule has 0 aromatic carbocycles. The highest BCUT2D eigenvalue weighted by atomic mass is 16.7. The Kier molecular flexibility index (Phi) is 11.7. The van der Waals surface area contributed by atoms with Gasteiger partial charge in [0.15, 0.2) is 12.6 Å². The second kappa shape index (κ2) is 15.3. The van der Waals surface area contributed by atoms with Gasteiger partial charge in [0, 0.05) is 5.41 Å². The van der Waals surface area contributed by atoms with Crippen molar-refractivity contribution in [1.29, 1.82) is 0 Å². The number of carbonyl (C=O) groups excluding carboxylic acids is 1. The Labute approximate surface area is 336 Å². The number of hydrogen-bond donors (Lipinski definition) is 8. The Balaban J connectivity index is 1.11. The highest BCUT2D eigenvalue weighted by Gasteiger charge is 2.70. The summed E-state index contributed by atoms with van der Waals surface area (Å²) in [6.07, 6.45) is -4.90. The molecule has 326 valence electrons. The maximum Gasteiger partial charge on any atom is 0.312 e. The SMILES string of the molecule is COC(=O)[C@]12CCC(C)(C)C[C@H]1C1=CC[C@@H]3[C@@]4(C)CC[C@H](O[C@@H]5O[C@H](CO)[C@@H](O[C@H]6O[C@H](CO)[C@@H](O)[C@H](O)[C@H]6O)[C@H](O)[C@H]5O)[C@@](C)(CO)[C@@H]4CC[C@@]3(C)[C@]1(C)CC2. The molecule has 0 spiro atoms. The quantitative estimate of drug-likeness (QED) is 0.0998. The predicted molar refractivity (Wildman–Crippen MR) is 204 cm³/mol. The van der Waals surface area contributed by atoms with Gasteiger partial charge in [-0.3, -0.25) is 4.79 Å². The molecule has 8 N–H and O–H groups in total. The van der Waals surface area contributed by atoms with Gasteiger partial charge in [0.1, 0.15) is 48.8 Å². The number of aliphatic hydroxyl groups is 8. The molecule has 7 aliphatic rings. The van der Waals surface area contributed by atoms with Crippen LogP contribution in [-0.2, 0) is 28.5 Å². The number of methoxy groups -OCH3 is 1. The fraction of sp³-hybridized carbons (Fsp3) is 0.930. The van der Waals surface area contributed by atoms with E-state index in [2.05, 4.69) is 40.7 Å². The van der Waals surface area contributed by atoms with Gasteiger partial charge in [-0.25, -0.2) is 0 Å². The summed E-state index contributed by atoms with van der Waals surface area (Å²) < 4.78 is 29.3. The first-order chi connectivity index (χ1) is 26.7. The number of hydrogen-bond acceptors (Lipinski definition) is 14. The minimum atomic E-state index is -1.76. The van der Waals surface area contributed by atoms with Gasteiger partial charge < -0.3 is 64.5 Å². The second-order valence-corrected chi connectivity index (χ2v) is 20.7. The van der Waals surface area contributed by atoms with Gasteiger partial charge in [-0.05, 0) is 104 Å². The molecular weight excluding hydrogens is 740 g/mol. The van der Waals surface area contributed by atoms with Crippen LogP contribution >= 0.6 is 0 Å². The van der Waals surface area contributed by atoms with E-state index in [1.54, 1.807) is 0 Å². The molecular formula is C43H70O14. The van der Waals surface area contributed by atoms with Crippen molar-refractivity contribution in [1.82, 2.24) is 0 Å². The maximum atomic E-state index is 13.6. The summed E-state index contributed by atoms with van der Waals surface area (Å²) in [7, 11) is 1.53. The van der Waals surface area contributed by atoms with Gasteiger partial charge in [0.25, 0.3) is 0 Å². The Morgan fingerprint density at radius 2 is 1.37 bits per heavy atom. The lowest BCUT2D eigenvalue weighted by molar-refractivity contribution is -0.369. The van der Waals surface area contributed by atoms with Gasteiger partial charge in [-0.1, -0.05) is 53.2 Å². The summed E-state index contributed by atoms with van der Waals surface area (Å²) in [5.41, 5.74) is 0.0345. The molecule has 6 fully saturated rings. The average molecular weight is 811 g/mol. The van der Waals surface area contributed by atoms with Crippen molar-refractivity contribution in [3.8, 4) is 0 Å². The first-order valence-electron chi connectivity index (χ1n) is 21.4. The molecule has 2 aliphatic heterocycles. The molecule has 5 aliphatic carbocycles. The Bertz CT molecular complexity index is 1520. The third-order valence-corrected chi connectivity index (χ3v) is 17.6. The number of esters is 1. The lowest BCUT2D eigenvalue weighted by Crippen LogP contribution is -2.67. The van der Waals surface area contributed by atoms with E-state index in [0.29, 0.717) is 12.3 Å². The van der Waals surface area contributed by atoms with E-state index in [4.69, 9.17) is 23.7 Å². The smallest absolute Gasteiger partial charge is 0.312 e. The highest BCUT2D eigenvalue weighted by Crippen LogP contribution is 2.76. The minimum absolute atomic E-state index is 0.0483. The van der Waals surface area contributed by atoms with Crippen LogP contribution < -0.4 is 0 Å². The molecule has 19 atom stereocenters. The summed E-state index contributed by atoms with van der Waals surface area (Å²) >= 11 is 0. The van der Waals surface area contributed by atoms with Crippen LogP contribution in [0.1, 0.15) is 106 Å². The van der Waals surface area contributed by atoms with Crippen molar-refractivity contribution in [2.75, 3.05) is 26.9 Å². The number of ether oxygens (including phenoxy) is 5. The van der Waals surface area contributed by atoms with Crippen molar-refractivity contribution >= 4 is 5.97 Å². The van der Waals surface area contributed by atoms with Gasteiger partial charge in [-0.15, -0.1) is 0 Å².